The van der Waals surface area contributed by atoms with Gasteiger partial charge in [-0.1, -0.05) is 22.0 Å². The van der Waals surface area contributed by atoms with E-state index < -0.39 is 5.60 Å². The highest BCUT2D eigenvalue weighted by atomic mass is 79.9. The number of hydrogen-bond acceptors (Lipinski definition) is 3. The predicted octanol–water partition coefficient (Wildman–Crippen LogP) is 2.65. The van der Waals surface area contributed by atoms with E-state index in [4.69, 9.17) is 4.84 Å². The second-order valence-electron chi connectivity index (χ2n) is 4.58. The minimum absolute atomic E-state index is 0.0310. The fraction of sp³-hybridized carbons (Fsp3) is 0.385. The Labute approximate surface area is 109 Å². The van der Waals surface area contributed by atoms with Crippen LogP contribution in [0.15, 0.2) is 40.9 Å². The first-order valence-corrected chi connectivity index (χ1v) is 6.56. The highest BCUT2D eigenvalue weighted by Crippen LogP contribution is 2.38. The number of aliphatic hydroxyl groups is 1. The highest BCUT2D eigenvalue weighted by Gasteiger charge is 2.42. The van der Waals surface area contributed by atoms with Gasteiger partial charge in [-0.3, -0.25) is 4.84 Å². The molecule has 0 radical (unpaired) electrons. The molecule has 0 spiro atoms. The van der Waals surface area contributed by atoms with Crippen LogP contribution < -0.4 is 5.06 Å². The van der Waals surface area contributed by atoms with Gasteiger partial charge in [0.15, 0.2) is 0 Å². The van der Waals surface area contributed by atoms with E-state index in [9.17, 15) is 5.11 Å². The largest absolute Gasteiger partial charge is 0.393 e. The molecule has 2 atom stereocenters. The molecule has 4 rings (SSSR count). The quantitative estimate of drug-likeness (QED) is 0.852. The topological polar surface area (TPSA) is 32.7 Å². The number of nitrogens with zero attached hydrogens (tertiary/aromatic N) is 1. The summed E-state index contributed by atoms with van der Waals surface area (Å²) in [6.07, 6.45) is 6.03. The summed E-state index contributed by atoms with van der Waals surface area (Å²) in [4.78, 5) is 5.93. The maximum Gasteiger partial charge on any atom is 0.137 e. The smallest absolute Gasteiger partial charge is 0.137 e. The number of hydroxylamine groups is 1. The van der Waals surface area contributed by atoms with Gasteiger partial charge in [-0.05, 0) is 43.2 Å². The van der Waals surface area contributed by atoms with Crippen molar-refractivity contribution in [3.05, 3.63) is 40.9 Å². The van der Waals surface area contributed by atoms with Crippen molar-refractivity contribution in [2.45, 2.75) is 24.5 Å². The zero-order chi connectivity index (χ0) is 11.9. The van der Waals surface area contributed by atoms with Crippen LogP contribution in [0, 0.1) is 0 Å². The monoisotopic (exact) mass is 295 g/mol. The predicted molar refractivity (Wildman–Crippen MR) is 69.7 cm³/mol. The van der Waals surface area contributed by atoms with Gasteiger partial charge in [0.25, 0.3) is 0 Å². The Morgan fingerprint density at radius 2 is 2.18 bits per heavy atom. The highest BCUT2D eigenvalue weighted by molar-refractivity contribution is 9.10. The maximum atomic E-state index is 9.46. The summed E-state index contributed by atoms with van der Waals surface area (Å²) in [5, 5.41) is 11.4. The molecule has 0 unspecified atom stereocenters. The Kier molecular flexibility index (Phi) is 2.73. The normalized spacial score (nSPS) is 30.9. The molecule has 1 aromatic carbocycles. The third-order valence-electron chi connectivity index (χ3n) is 3.42. The van der Waals surface area contributed by atoms with Crippen LogP contribution in [0.1, 0.15) is 12.8 Å². The van der Waals surface area contributed by atoms with E-state index in [0.717, 1.165) is 23.0 Å². The molecule has 1 saturated heterocycles. The van der Waals surface area contributed by atoms with Crippen molar-refractivity contribution in [1.29, 1.82) is 0 Å². The van der Waals surface area contributed by atoms with Crippen molar-refractivity contribution < 1.29 is 9.94 Å². The molecular weight excluding hydrogens is 282 g/mol. The van der Waals surface area contributed by atoms with Crippen molar-refractivity contribution in [3.63, 3.8) is 0 Å². The second kappa shape index (κ2) is 4.12. The molecule has 3 aliphatic rings. The van der Waals surface area contributed by atoms with Gasteiger partial charge in [0.2, 0.25) is 0 Å². The molecule has 2 heterocycles. The van der Waals surface area contributed by atoms with E-state index in [-0.39, 0.29) is 12.6 Å². The maximum absolute atomic E-state index is 9.46. The third-order valence-corrected chi connectivity index (χ3v) is 3.94. The van der Waals surface area contributed by atoms with Crippen LogP contribution in [-0.4, -0.2) is 23.4 Å². The van der Waals surface area contributed by atoms with Crippen LogP contribution in [0.2, 0.25) is 0 Å². The first-order valence-electron chi connectivity index (χ1n) is 5.77. The number of fused-ring (bicyclic) bond motifs is 2. The van der Waals surface area contributed by atoms with Gasteiger partial charge in [-0.2, -0.15) is 0 Å². The zero-order valence-corrected chi connectivity index (χ0v) is 10.9. The lowest BCUT2D eigenvalue weighted by molar-refractivity contribution is -0.104. The Morgan fingerprint density at radius 1 is 1.41 bits per heavy atom. The van der Waals surface area contributed by atoms with Crippen LogP contribution >= 0.6 is 15.9 Å². The molecule has 3 nitrogen and oxygen atoms in total. The van der Waals surface area contributed by atoms with E-state index in [2.05, 4.69) is 22.0 Å². The van der Waals surface area contributed by atoms with Gasteiger partial charge in [-0.15, -0.1) is 0 Å². The second-order valence-corrected chi connectivity index (χ2v) is 5.50. The summed E-state index contributed by atoms with van der Waals surface area (Å²) < 4.78 is 1.05. The summed E-state index contributed by atoms with van der Waals surface area (Å²) in [5.74, 6) is 0. The van der Waals surface area contributed by atoms with Gasteiger partial charge in [0.05, 0.1) is 18.3 Å². The lowest BCUT2D eigenvalue weighted by Crippen LogP contribution is -2.54. The molecule has 1 aliphatic carbocycles. The zero-order valence-electron chi connectivity index (χ0n) is 9.34. The van der Waals surface area contributed by atoms with E-state index in [0.29, 0.717) is 0 Å². The fourth-order valence-electron chi connectivity index (χ4n) is 2.39. The first kappa shape index (κ1) is 11.3. The van der Waals surface area contributed by atoms with Crippen molar-refractivity contribution in [3.8, 4) is 0 Å². The molecule has 2 aliphatic heterocycles. The van der Waals surface area contributed by atoms with Gasteiger partial charge < -0.3 is 5.11 Å². The number of anilines is 1. The van der Waals surface area contributed by atoms with Crippen LogP contribution in [0.25, 0.3) is 0 Å². The number of benzene rings is 1. The molecule has 1 fully saturated rings. The van der Waals surface area contributed by atoms with Crippen LogP contribution in [-0.2, 0) is 4.84 Å². The Morgan fingerprint density at radius 3 is 2.76 bits per heavy atom. The molecule has 4 heteroatoms. The third kappa shape index (κ3) is 1.90. The molecule has 0 aromatic heterocycles. The van der Waals surface area contributed by atoms with Crippen molar-refractivity contribution >= 4 is 21.6 Å². The SMILES string of the molecule is OC[C@]12C=C[C@H](CC1)N(c1ccc(Br)cc1)O2. The summed E-state index contributed by atoms with van der Waals surface area (Å²) in [6, 6.07) is 8.31. The van der Waals surface area contributed by atoms with Gasteiger partial charge in [0, 0.05) is 4.47 Å². The Balaban J connectivity index is 1.91. The van der Waals surface area contributed by atoms with Crippen molar-refractivity contribution in [1.82, 2.24) is 0 Å². The van der Waals surface area contributed by atoms with Crippen molar-refractivity contribution in [2.75, 3.05) is 11.7 Å². The molecule has 17 heavy (non-hydrogen) atoms. The Bertz CT molecular complexity index is 445. The van der Waals surface area contributed by atoms with E-state index in [1.807, 2.05) is 35.4 Å². The summed E-state index contributed by atoms with van der Waals surface area (Å²) in [7, 11) is 0. The number of rotatable bonds is 2. The number of aliphatic hydroxyl groups excluding tert-OH is 1. The molecule has 2 bridgehead atoms. The van der Waals surface area contributed by atoms with E-state index >= 15 is 0 Å². The summed E-state index contributed by atoms with van der Waals surface area (Å²) >= 11 is 3.42. The summed E-state index contributed by atoms with van der Waals surface area (Å²) in [5.41, 5.74) is 0.516. The van der Waals surface area contributed by atoms with Gasteiger partial charge in [0.1, 0.15) is 5.60 Å². The molecule has 1 aromatic rings. The van der Waals surface area contributed by atoms with Crippen LogP contribution in [0.3, 0.4) is 0 Å². The van der Waals surface area contributed by atoms with E-state index in [1.54, 1.807) is 0 Å². The van der Waals surface area contributed by atoms with Crippen LogP contribution in [0.5, 0.6) is 0 Å². The summed E-state index contributed by atoms with van der Waals surface area (Å²) in [6.45, 7) is 0.0310. The van der Waals surface area contributed by atoms with Gasteiger partial charge in [-0.25, -0.2) is 5.06 Å². The molecule has 1 N–H and O–H groups in total. The molecular formula is C13H14BrNO2. The standard InChI is InChI=1S/C13H14BrNO2/c14-10-1-3-11(4-2-10)15-12-5-7-13(9-16,17-15)8-6-12/h1-5,7,12,16H,6,8-9H2/t12-,13+/m1/s1. The lowest BCUT2D eigenvalue weighted by atomic mass is 9.87. The average molecular weight is 296 g/mol. The van der Waals surface area contributed by atoms with Gasteiger partial charge >= 0.3 is 0 Å². The molecule has 90 valence electrons. The average Bonchev–Trinajstić information content (AvgIpc) is 2.41. The number of hydrogen-bond donors (Lipinski definition) is 1. The number of halogens is 1. The molecule has 0 saturated carbocycles. The lowest BCUT2D eigenvalue weighted by Gasteiger charge is -2.48. The van der Waals surface area contributed by atoms with Crippen molar-refractivity contribution in [2.24, 2.45) is 0 Å². The van der Waals surface area contributed by atoms with Crippen LogP contribution in [0.4, 0.5) is 5.69 Å². The first-order chi connectivity index (χ1) is 8.22. The minimum atomic E-state index is -0.512. The minimum Gasteiger partial charge on any atom is -0.393 e. The van der Waals surface area contributed by atoms with E-state index in [1.165, 1.54) is 0 Å². The fourth-order valence-corrected chi connectivity index (χ4v) is 2.65. The Hall–Kier alpha value is -0.840. The molecule has 0 amide bonds.